The zero-order valence-electron chi connectivity index (χ0n) is 16.4. The minimum atomic E-state index is -0.424. The number of carbonyl (C=O) groups excluding carboxylic acids is 2. The van der Waals surface area contributed by atoms with Gasteiger partial charge < -0.3 is 24.5 Å². The van der Waals surface area contributed by atoms with Crippen LogP contribution in [0, 0.1) is 0 Å². The molecule has 0 atom stereocenters. The lowest BCUT2D eigenvalue weighted by molar-refractivity contribution is 0.0951. The molecule has 1 aliphatic heterocycles. The van der Waals surface area contributed by atoms with Gasteiger partial charge in [-0.2, -0.15) is 0 Å². The number of rotatable bonds is 5. The first-order chi connectivity index (χ1) is 15.2. The molecule has 0 fully saturated rings. The standard InChI is InChI=1S/C24H18N2O5/c27-23(25-13-15-9-10-20-21(11-15)30-14-29-20)17-6-2-3-7-18(17)26-24(28)22-12-16-5-1-4-8-19(16)31-22/h1-12H,13-14H2,(H,25,27)(H,26,28). The summed E-state index contributed by atoms with van der Waals surface area (Å²) in [4.78, 5) is 25.5. The van der Waals surface area contributed by atoms with E-state index in [1.54, 1.807) is 36.4 Å². The second-order valence-electron chi connectivity index (χ2n) is 7.02. The molecule has 0 radical (unpaired) electrons. The van der Waals surface area contributed by atoms with Crippen molar-refractivity contribution >= 4 is 28.5 Å². The predicted octanol–water partition coefficient (Wildman–Crippen LogP) is 4.34. The summed E-state index contributed by atoms with van der Waals surface area (Å²) in [5.41, 5.74) is 2.26. The third-order valence-electron chi connectivity index (χ3n) is 4.96. The molecule has 31 heavy (non-hydrogen) atoms. The van der Waals surface area contributed by atoms with Crippen LogP contribution in [-0.2, 0) is 6.54 Å². The van der Waals surface area contributed by atoms with Crippen molar-refractivity contribution in [1.29, 1.82) is 0 Å². The summed E-state index contributed by atoms with van der Waals surface area (Å²) in [6, 6.07) is 21.4. The van der Waals surface area contributed by atoms with Gasteiger partial charge in [0.25, 0.3) is 11.8 Å². The summed E-state index contributed by atoms with van der Waals surface area (Å²) >= 11 is 0. The predicted molar refractivity (Wildman–Crippen MR) is 114 cm³/mol. The molecule has 2 amide bonds. The van der Waals surface area contributed by atoms with E-state index in [0.29, 0.717) is 34.9 Å². The normalized spacial score (nSPS) is 12.0. The van der Waals surface area contributed by atoms with Gasteiger partial charge in [-0.1, -0.05) is 36.4 Å². The molecule has 0 unspecified atom stereocenters. The smallest absolute Gasteiger partial charge is 0.291 e. The van der Waals surface area contributed by atoms with Gasteiger partial charge in [0, 0.05) is 11.9 Å². The number of benzene rings is 3. The SMILES string of the molecule is O=C(Nc1ccccc1C(=O)NCc1ccc2c(c1)OCO2)c1cc2ccccc2o1. The first kappa shape index (κ1) is 18.7. The van der Waals surface area contributed by atoms with Crippen molar-refractivity contribution in [2.75, 3.05) is 12.1 Å². The van der Waals surface area contributed by atoms with Crippen LogP contribution in [0.4, 0.5) is 5.69 Å². The van der Waals surface area contributed by atoms with E-state index in [9.17, 15) is 9.59 Å². The van der Waals surface area contributed by atoms with Crippen molar-refractivity contribution in [3.63, 3.8) is 0 Å². The van der Waals surface area contributed by atoms with Crippen LogP contribution in [-0.4, -0.2) is 18.6 Å². The van der Waals surface area contributed by atoms with Crippen molar-refractivity contribution in [2.24, 2.45) is 0 Å². The highest BCUT2D eigenvalue weighted by Crippen LogP contribution is 2.32. The van der Waals surface area contributed by atoms with Gasteiger partial charge in [0.1, 0.15) is 5.58 Å². The zero-order chi connectivity index (χ0) is 21.2. The van der Waals surface area contributed by atoms with Gasteiger partial charge in [0.15, 0.2) is 17.3 Å². The number of amides is 2. The summed E-state index contributed by atoms with van der Waals surface area (Å²) in [6.45, 7) is 0.505. The fourth-order valence-corrected chi connectivity index (χ4v) is 3.40. The second-order valence-corrected chi connectivity index (χ2v) is 7.02. The molecule has 0 spiro atoms. The van der Waals surface area contributed by atoms with E-state index in [4.69, 9.17) is 13.9 Å². The van der Waals surface area contributed by atoms with E-state index < -0.39 is 5.91 Å². The Morgan fingerprint density at radius 3 is 2.55 bits per heavy atom. The number of carbonyl (C=O) groups is 2. The molecule has 5 rings (SSSR count). The quantitative estimate of drug-likeness (QED) is 0.507. The summed E-state index contributed by atoms with van der Waals surface area (Å²) in [5.74, 6) is 0.793. The van der Waals surface area contributed by atoms with Crippen molar-refractivity contribution in [3.8, 4) is 11.5 Å². The maximum absolute atomic E-state index is 12.8. The average Bonchev–Trinajstić information content (AvgIpc) is 3.44. The maximum atomic E-state index is 12.8. The lowest BCUT2D eigenvalue weighted by Crippen LogP contribution is -2.24. The first-order valence-corrected chi connectivity index (χ1v) is 9.73. The van der Waals surface area contributed by atoms with E-state index in [1.165, 1.54) is 0 Å². The molecule has 2 heterocycles. The molecular formula is C24H18N2O5. The molecule has 0 bridgehead atoms. The second kappa shape index (κ2) is 7.87. The maximum Gasteiger partial charge on any atom is 0.291 e. The van der Waals surface area contributed by atoms with E-state index in [1.807, 2.05) is 36.4 Å². The molecule has 1 aliphatic rings. The Kier molecular flexibility index (Phi) is 4.76. The lowest BCUT2D eigenvalue weighted by Gasteiger charge is -2.11. The number of nitrogens with one attached hydrogen (secondary N) is 2. The summed E-state index contributed by atoms with van der Waals surface area (Å²) in [7, 11) is 0. The van der Waals surface area contributed by atoms with Crippen LogP contribution in [0.2, 0.25) is 0 Å². The van der Waals surface area contributed by atoms with Gasteiger partial charge in [-0.15, -0.1) is 0 Å². The van der Waals surface area contributed by atoms with Gasteiger partial charge in [0.05, 0.1) is 11.3 Å². The molecule has 7 nitrogen and oxygen atoms in total. The van der Waals surface area contributed by atoms with E-state index in [2.05, 4.69) is 10.6 Å². The summed E-state index contributed by atoms with van der Waals surface area (Å²) in [5, 5.41) is 6.48. The fraction of sp³-hybridized carbons (Fsp3) is 0.0833. The van der Waals surface area contributed by atoms with Gasteiger partial charge >= 0.3 is 0 Å². The Morgan fingerprint density at radius 2 is 1.65 bits per heavy atom. The Balaban J connectivity index is 1.30. The number of furan rings is 1. The first-order valence-electron chi connectivity index (χ1n) is 9.73. The number of para-hydroxylation sites is 2. The Labute approximate surface area is 177 Å². The Morgan fingerprint density at radius 1 is 0.839 bits per heavy atom. The van der Waals surface area contributed by atoms with Gasteiger partial charge in [0.2, 0.25) is 6.79 Å². The van der Waals surface area contributed by atoms with Crippen molar-refractivity contribution in [3.05, 3.63) is 89.7 Å². The van der Waals surface area contributed by atoms with Crippen LogP contribution in [0.1, 0.15) is 26.5 Å². The molecule has 0 aliphatic carbocycles. The monoisotopic (exact) mass is 414 g/mol. The van der Waals surface area contributed by atoms with Crippen molar-refractivity contribution in [1.82, 2.24) is 5.32 Å². The number of hydrogen-bond donors (Lipinski definition) is 2. The molecule has 3 aromatic carbocycles. The average molecular weight is 414 g/mol. The van der Waals surface area contributed by atoms with Gasteiger partial charge in [-0.05, 0) is 42.0 Å². The molecule has 154 valence electrons. The van der Waals surface area contributed by atoms with Gasteiger partial charge in [-0.3, -0.25) is 9.59 Å². The minimum Gasteiger partial charge on any atom is -0.454 e. The third-order valence-corrected chi connectivity index (χ3v) is 4.96. The molecule has 0 saturated carbocycles. The Hall–Kier alpha value is -4.26. The fourth-order valence-electron chi connectivity index (χ4n) is 3.40. The van der Waals surface area contributed by atoms with Crippen molar-refractivity contribution in [2.45, 2.75) is 6.54 Å². The van der Waals surface area contributed by atoms with E-state index in [-0.39, 0.29) is 18.5 Å². The molecule has 1 aromatic heterocycles. The molecule has 4 aromatic rings. The summed E-state index contributed by atoms with van der Waals surface area (Å²) in [6.07, 6.45) is 0. The topological polar surface area (TPSA) is 89.8 Å². The minimum absolute atomic E-state index is 0.178. The Bertz CT molecular complexity index is 1260. The number of anilines is 1. The number of ether oxygens (including phenoxy) is 2. The van der Waals surface area contributed by atoms with E-state index >= 15 is 0 Å². The van der Waals surface area contributed by atoms with E-state index in [0.717, 1.165) is 10.9 Å². The van der Waals surface area contributed by atoms with Crippen molar-refractivity contribution < 1.29 is 23.5 Å². The lowest BCUT2D eigenvalue weighted by atomic mass is 10.1. The molecule has 0 saturated heterocycles. The third kappa shape index (κ3) is 3.81. The number of fused-ring (bicyclic) bond motifs is 2. The van der Waals surface area contributed by atoms with Crippen LogP contribution in [0.15, 0.2) is 77.2 Å². The highest BCUT2D eigenvalue weighted by Gasteiger charge is 2.18. The van der Waals surface area contributed by atoms with Crippen LogP contribution >= 0.6 is 0 Å². The number of hydrogen-bond acceptors (Lipinski definition) is 5. The van der Waals surface area contributed by atoms with Gasteiger partial charge in [-0.25, -0.2) is 0 Å². The largest absolute Gasteiger partial charge is 0.454 e. The van der Waals surface area contributed by atoms with Crippen LogP contribution in [0.3, 0.4) is 0 Å². The molecule has 2 N–H and O–H groups in total. The highest BCUT2D eigenvalue weighted by atomic mass is 16.7. The van der Waals surface area contributed by atoms with Crippen LogP contribution < -0.4 is 20.1 Å². The molecule has 7 heteroatoms. The zero-order valence-corrected chi connectivity index (χ0v) is 16.4. The van der Waals surface area contributed by atoms with Crippen LogP contribution in [0.25, 0.3) is 11.0 Å². The highest BCUT2D eigenvalue weighted by molar-refractivity contribution is 6.09. The van der Waals surface area contributed by atoms with Crippen LogP contribution in [0.5, 0.6) is 11.5 Å². The molecular weight excluding hydrogens is 396 g/mol. The summed E-state index contributed by atoms with van der Waals surface area (Å²) < 4.78 is 16.3.